The topological polar surface area (TPSA) is 47.1 Å². The fourth-order valence-electron chi connectivity index (χ4n) is 2.35. The zero-order valence-electron chi connectivity index (χ0n) is 11.6. The van der Waals surface area contributed by atoms with E-state index < -0.39 is 0 Å². The molecule has 2 aromatic carbocycles. The molecule has 2 heterocycles. The van der Waals surface area contributed by atoms with E-state index in [4.69, 9.17) is 9.47 Å². The van der Waals surface area contributed by atoms with E-state index in [9.17, 15) is 0 Å². The maximum Gasteiger partial charge on any atom is 0.231 e. The Kier molecular flexibility index (Phi) is 2.67. The van der Waals surface area contributed by atoms with Crippen LogP contribution < -0.4 is 9.47 Å². The van der Waals surface area contributed by atoms with E-state index in [2.05, 4.69) is 41.2 Å². The summed E-state index contributed by atoms with van der Waals surface area (Å²) in [6.07, 6.45) is 4.01. The van der Waals surface area contributed by atoms with Crippen molar-refractivity contribution in [2.75, 3.05) is 6.79 Å². The standard InChI is InChI=1S/C17H14N2O2/c1-11-2-4-12(5-3-11)6-7-17-18-13-8-15-16(21-10-20-15)9-14(13)19-17/h2-9H,10H2,1H3,(H,18,19)/b7-6+. The van der Waals surface area contributed by atoms with Crippen LogP contribution in [0.5, 0.6) is 11.5 Å². The first-order chi connectivity index (χ1) is 10.3. The van der Waals surface area contributed by atoms with E-state index in [1.807, 2.05) is 24.3 Å². The lowest BCUT2D eigenvalue weighted by Gasteiger charge is -1.93. The summed E-state index contributed by atoms with van der Waals surface area (Å²) in [5.74, 6) is 2.33. The SMILES string of the molecule is Cc1ccc(/C=C/c2nc3cc4c(cc3[nH]2)OCO4)cc1. The van der Waals surface area contributed by atoms with Gasteiger partial charge < -0.3 is 14.5 Å². The number of aromatic amines is 1. The van der Waals surface area contributed by atoms with Crippen LogP contribution in [0.1, 0.15) is 17.0 Å². The highest BCUT2D eigenvalue weighted by atomic mass is 16.7. The molecule has 1 aliphatic heterocycles. The number of fused-ring (bicyclic) bond motifs is 2. The van der Waals surface area contributed by atoms with Crippen molar-refractivity contribution in [2.24, 2.45) is 0 Å². The molecule has 0 spiro atoms. The van der Waals surface area contributed by atoms with Crippen LogP contribution in [-0.2, 0) is 0 Å². The fourth-order valence-corrected chi connectivity index (χ4v) is 2.35. The molecule has 0 fully saturated rings. The molecule has 0 unspecified atom stereocenters. The van der Waals surface area contributed by atoms with Gasteiger partial charge in [-0.3, -0.25) is 0 Å². The highest BCUT2D eigenvalue weighted by Crippen LogP contribution is 2.35. The molecule has 1 aliphatic rings. The molecule has 0 aliphatic carbocycles. The molecule has 0 saturated heterocycles. The van der Waals surface area contributed by atoms with E-state index in [-0.39, 0.29) is 6.79 Å². The van der Waals surface area contributed by atoms with Crippen LogP contribution >= 0.6 is 0 Å². The lowest BCUT2D eigenvalue weighted by atomic mass is 10.1. The highest BCUT2D eigenvalue weighted by molar-refractivity contribution is 5.82. The normalized spacial score (nSPS) is 13.4. The second-order valence-electron chi connectivity index (χ2n) is 5.09. The molecule has 4 heteroatoms. The summed E-state index contributed by atoms with van der Waals surface area (Å²) in [5.41, 5.74) is 4.23. The molecule has 1 aromatic heterocycles. The number of imidazole rings is 1. The molecule has 21 heavy (non-hydrogen) atoms. The Morgan fingerprint density at radius 3 is 2.62 bits per heavy atom. The second-order valence-corrected chi connectivity index (χ2v) is 5.09. The predicted octanol–water partition coefficient (Wildman–Crippen LogP) is 3.77. The Balaban J connectivity index is 1.66. The van der Waals surface area contributed by atoms with Crippen molar-refractivity contribution in [1.82, 2.24) is 9.97 Å². The molecular formula is C17H14N2O2. The third kappa shape index (κ3) is 2.25. The second kappa shape index (κ2) is 4.66. The van der Waals surface area contributed by atoms with E-state index in [0.717, 1.165) is 33.9 Å². The van der Waals surface area contributed by atoms with Gasteiger partial charge in [0.15, 0.2) is 11.5 Å². The van der Waals surface area contributed by atoms with E-state index in [0.29, 0.717) is 0 Å². The van der Waals surface area contributed by atoms with Gasteiger partial charge in [-0.1, -0.05) is 35.9 Å². The minimum Gasteiger partial charge on any atom is -0.454 e. The van der Waals surface area contributed by atoms with Gasteiger partial charge in [0.05, 0.1) is 11.0 Å². The summed E-state index contributed by atoms with van der Waals surface area (Å²) in [4.78, 5) is 7.82. The lowest BCUT2D eigenvalue weighted by molar-refractivity contribution is 0.174. The molecule has 0 radical (unpaired) electrons. The maximum absolute atomic E-state index is 5.37. The summed E-state index contributed by atoms with van der Waals surface area (Å²) < 4.78 is 10.7. The van der Waals surface area contributed by atoms with E-state index >= 15 is 0 Å². The van der Waals surface area contributed by atoms with Crippen LogP contribution in [0.3, 0.4) is 0 Å². The minimum absolute atomic E-state index is 0.280. The van der Waals surface area contributed by atoms with Gasteiger partial charge in [-0.25, -0.2) is 4.98 Å². The molecule has 0 saturated carbocycles. The van der Waals surface area contributed by atoms with Gasteiger partial charge in [-0.05, 0) is 18.6 Å². The fraction of sp³-hybridized carbons (Fsp3) is 0.118. The maximum atomic E-state index is 5.37. The van der Waals surface area contributed by atoms with Crippen LogP contribution in [0.4, 0.5) is 0 Å². The van der Waals surface area contributed by atoms with Crippen molar-refractivity contribution in [3.05, 3.63) is 53.3 Å². The first kappa shape index (κ1) is 12.0. The minimum atomic E-state index is 0.280. The van der Waals surface area contributed by atoms with Crippen molar-refractivity contribution in [1.29, 1.82) is 0 Å². The number of rotatable bonds is 2. The van der Waals surface area contributed by atoms with Crippen molar-refractivity contribution in [3.63, 3.8) is 0 Å². The Labute approximate surface area is 122 Å². The summed E-state index contributed by atoms with van der Waals surface area (Å²) in [6.45, 7) is 2.36. The number of H-pyrrole nitrogens is 1. The zero-order chi connectivity index (χ0) is 14.2. The quantitative estimate of drug-likeness (QED) is 0.776. The average molecular weight is 278 g/mol. The first-order valence-electron chi connectivity index (χ1n) is 6.82. The van der Waals surface area contributed by atoms with E-state index in [1.165, 1.54) is 5.56 Å². The Bertz CT molecular complexity index is 791. The molecule has 4 rings (SSSR count). The summed E-state index contributed by atoms with van der Waals surface area (Å²) in [6, 6.07) is 12.2. The van der Waals surface area contributed by atoms with Crippen molar-refractivity contribution < 1.29 is 9.47 Å². The van der Waals surface area contributed by atoms with Crippen molar-refractivity contribution in [3.8, 4) is 11.5 Å². The third-order valence-corrected chi connectivity index (χ3v) is 3.51. The molecule has 1 N–H and O–H groups in total. The van der Waals surface area contributed by atoms with E-state index in [1.54, 1.807) is 0 Å². The van der Waals surface area contributed by atoms with Crippen molar-refractivity contribution >= 4 is 23.2 Å². The molecule has 104 valence electrons. The Morgan fingerprint density at radius 1 is 1.05 bits per heavy atom. The number of ether oxygens (including phenoxy) is 2. The molecule has 3 aromatic rings. The van der Waals surface area contributed by atoms with Gasteiger partial charge in [-0.2, -0.15) is 0 Å². The van der Waals surface area contributed by atoms with Gasteiger partial charge in [-0.15, -0.1) is 0 Å². The monoisotopic (exact) mass is 278 g/mol. The lowest BCUT2D eigenvalue weighted by Crippen LogP contribution is -1.92. The van der Waals surface area contributed by atoms with Crippen LogP contribution in [0.25, 0.3) is 23.2 Å². The number of benzene rings is 2. The molecule has 0 bridgehead atoms. The van der Waals surface area contributed by atoms with Gasteiger partial charge >= 0.3 is 0 Å². The molecule has 0 amide bonds. The molecular weight excluding hydrogens is 264 g/mol. The number of hydrogen-bond acceptors (Lipinski definition) is 3. The molecule has 0 atom stereocenters. The van der Waals surface area contributed by atoms with Crippen LogP contribution in [0.2, 0.25) is 0 Å². The highest BCUT2D eigenvalue weighted by Gasteiger charge is 2.15. The van der Waals surface area contributed by atoms with Gasteiger partial charge in [0, 0.05) is 12.1 Å². The number of nitrogens with zero attached hydrogens (tertiary/aromatic N) is 1. The van der Waals surface area contributed by atoms with Gasteiger partial charge in [0.25, 0.3) is 0 Å². The van der Waals surface area contributed by atoms with Crippen molar-refractivity contribution in [2.45, 2.75) is 6.92 Å². The average Bonchev–Trinajstić information content (AvgIpc) is 3.09. The van der Waals surface area contributed by atoms with Crippen LogP contribution in [0, 0.1) is 6.92 Å². The summed E-state index contributed by atoms with van der Waals surface area (Å²) in [7, 11) is 0. The number of nitrogens with one attached hydrogen (secondary N) is 1. The van der Waals surface area contributed by atoms with Gasteiger partial charge in [0.1, 0.15) is 5.82 Å². The largest absolute Gasteiger partial charge is 0.454 e. The smallest absolute Gasteiger partial charge is 0.231 e. The number of aryl methyl sites for hydroxylation is 1. The molecule has 4 nitrogen and oxygen atoms in total. The van der Waals surface area contributed by atoms with Crippen LogP contribution in [0.15, 0.2) is 36.4 Å². The van der Waals surface area contributed by atoms with Crippen LogP contribution in [-0.4, -0.2) is 16.8 Å². The summed E-state index contributed by atoms with van der Waals surface area (Å²) >= 11 is 0. The van der Waals surface area contributed by atoms with Gasteiger partial charge in [0.2, 0.25) is 6.79 Å². The first-order valence-corrected chi connectivity index (χ1v) is 6.82. The Morgan fingerprint density at radius 2 is 1.81 bits per heavy atom. The number of hydrogen-bond donors (Lipinski definition) is 1. The third-order valence-electron chi connectivity index (χ3n) is 3.51. The zero-order valence-corrected chi connectivity index (χ0v) is 11.6. The predicted molar refractivity (Wildman–Crippen MR) is 82.3 cm³/mol. The number of aromatic nitrogens is 2. The Hall–Kier alpha value is -2.75. The summed E-state index contributed by atoms with van der Waals surface area (Å²) in [5, 5.41) is 0.